The molecule has 0 aromatic carbocycles. The van der Waals surface area contributed by atoms with E-state index in [1.165, 1.54) is 18.4 Å². The molecule has 0 amide bonds. The van der Waals surface area contributed by atoms with Gasteiger partial charge in [-0.05, 0) is 57.9 Å². The molecule has 25 heavy (non-hydrogen) atoms. The van der Waals surface area contributed by atoms with E-state index < -0.39 is 0 Å². The summed E-state index contributed by atoms with van der Waals surface area (Å²) < 4.78 is 0. The lowest BCUT2D eigenvalue weighted by molar-refractivity contribution is 0.359. The molecule has 144 valence electrons. The van der Waals surface area contributed by atoms with Gasteiger partial charge in [0.2, 0.25) is 0 Å². The Morgan fingerprint density at radius 3 is 2.36 bits per heavy atom. The van der Waals surface area contributed by atoms with Gasteiger partial charge in [0.15, 0.2) is 0 Å². The maximum atomic E-state index is 4.74. The molecule has 0 N–H and O–H groups in total. The van der Waals surface area contributed by atoms with E-state index in [-0.39, 0.29) is 0 Å². The standard InChI is InChI=1S/C21H39N3S/c1-8-12-15-25-16-14-23-19(6)18(5)17-24(20(7)22-11-4)21(10-3)13-9-2/h12,15,17,21H,8-11,13-14,16H2,1-7H3/b15-12-,18-17-,22-20?,23-19?. The Kier molecular flexibility index (Phi) is 14.6. The molecule has 0 aliphatic rings. The van der Waals surface area contributed by atoms with Gasteiger partial charge in [-0.25, -0.2) is 0 Å². The second kappa shape index (κ2) is 15.2. The fraction of sp³-hybridized carbons (Fsp3) is 0.714. The van der Waals surface area contributed by atoms with Gasteiger partial charge in [0.05, 0.1) is 5.84 Å². The summed E-state index contributed by atoms with van der Waals surface area (Å²) >= 11 is 1.84. The third-order valence-corrected chi connectivity index (χ3v) is 4.94. The lowest BCUT2D eigenvalue weighted by Gasteiger charge is -2.30. The summed E-state index contributed by atoms with van der Waals surface area (Å²) in [5.74, 6) is 2.14. The van der Waals surface area contributed by atoms with Crippen LogP contribution in [0.2, 0.25) is 0 Å². The molecule has 1 unspecified atom stereocenters. The van der Waals surface area contributed by atoms with Crippen molar-refractivity contribution in [1.82, 2.24) is 4.90 Å². The molecule has 4 heteroatoms. The summed E-state index contributed by atoms with van der Waals surface area (Å²) in [6, 6.07) is 0.512. The van der Waals surface area contributed by atoms with E-state index in [9.17, 15) is 0 Å². The maximum absolute atomic E-state index is 4.74. The Labute approximate surface area is 160 Å². The molecule has 0 aromatic rings. The summed E-state index contributed by atoms with van der Waals surface area (Å²) in [6.45, 7) is 16.9. The van der Waals surface area contributed by atoms with Crippen molar-refractivity contribution in [3.63, 3.8) is 0 Å². The monoisotopic (exact) mass is 365 g/mol. The zero-order valence-corrected chi connectivity index (χ0v) is 18.3. The first kappa shape index (κ1) is 24.0. The molecular formula is C21H39N3S. The summed E-state index contributed by atoms with van der Waals surface area (Å²) in [5, 5.41) is 2.18. The molecule has 0 aliphatic carbocycles. The van der Waals surface area contributed by atoms with Gasteiger partial charge < -0.3 is 4.90 Å². The van der Waals surface area contributed by atoms with E-state index in [0.717, 1.165) is 43.2 Å². The minimum Gasteiger partial charge on any atom is -0.334 e. The first-order chi connectivity index (χ1) is 12.0. The molecule has 0 spiro atoms. The highest BCUT2D eigenvalue weighted by atomic mass is 32.2. The number of amidine groups is 1. The van der Waals surface area contributed by atoms with Crippen molar-refractivity contribution in [3.8, 4) is 0 Å². The number of hydrogen-bond donors (Lipinski definition) is 0. The van der Waals surface area contributed by atoms with Crippen molar-refractivity contribution >= 4 is 23.3 Å². The van der Waals surface area contributed by atoms with E-state index in [0.29, 0.717) is 6.04 Å². The van der Waals surface area contributed by atoms with Crippen LogP contribution in [0.15, 0.2) is 33.2 Å². The van der Waals surface area contributed by atoms with E-state index in [2.05, 4.69) is 76.0 Å². The van der Waals surface area contributed by atoms with Crippen LogP contribution >= 0.6 is 11.8 Å². The maximum Gasteiger partial charge on any atom is 0.0999 e. The van der Waals surface area contributed by atoms with E-state index >= 15 is 0 Å². The fourth-order valence-corrected chi connectivity index (χ4v) is 3.23. The van der Waals surface area contributed by atoms with Crippen LogP contribution in [-0.4, -0.2) is 41.3 Å². The van der Waals surface area contributed by atoms with Crippen LogP contribution in [-0.2, 0) is 0 Å². The van der Waals surface area contributed by atoms with Crippen molar-refractivity contribution in [1.29, 1.82) is 0 Å². The normalized spacial score (nSPS) is 15.1. The second-order valence-electron chi connectivity index (χ2n) is 6.21. The van der Waals surface area contributed by atoms with Crippen LogP contribution < -0.4 is 0 Å². The number of nitrogens with zero attached hydrogens (tertiary/aromatic N) is 3. The Morgan fingerprint density at radius 1 is 1.08 bits per heavy atom. The van der Waals surface area contributed by atoms with Gasteiger partial charge in [-0.15, -0.1) is 11.8 Å². The van der Waals surface area contributed by atoms with E-state index in [1.54, 1.807) is 0 Å². The van der Waals surface area contributed by atoms with Crippen LogP contribution in [0.25, 0.3) is 0 Å². The Hall–Kier alpha value is -1.03. The van der Waals surface area contributed by atoms with Crippen LogP contribution in [0.5, 0.6) is 0 Å². The predicted octanol–water partition coefficient (Wildman–Crippen LogP) is 6.33. The van der Waals surface area contributed by atoms with Crippen molar-refractivity contribution in [2.75, 3.05) is 18.8 Å². The van der Waals surface area contributed by atoms with Gasteiger partial charge in [-0.1, -0.05) is 33.3 Å². The number of aliphatic imine (C=N–C) groups is 2. The fourth-order valence-electron chi connectivity index (χ4n) is 2.57. The summed E-state index contributed by atoms with van der Waals surface area (Å²) in [5.41, 5.74) is 2.36. The first-order valence-corrected chi connectivity index (χ1v) is 10.8. The first-order valence-electron chi connectivity index (χ1n) is 9.77. The number of hydrogen-bond acceptors (Lipinski definition) is 3. The van der Waals surface area contributed by atoms with Crippen molar-refractivity contribution in [3.05, 3.63) is 23.3 Å². The zero-order chi connectivity index (χ0) is 19.1. The molecule has 0 fully saturated rings. The minimum atomic E-state index is 0.512. The molecule has 0 aliphatic heterocycles. The Morgan fingerprint density at radius 2 is 1.80 bits per heavy atom. The number of thioether (sulfide) groups is 1. The zero-order valence-electron chi connectivity index (χ0n) is 17.5. The third kappa shape index (κ3) is 10.5. The van der Waals surface area contributed by atoms with Gasteiger partial charge in [0.1, 0.15) is 0 Å². The van der Waals surface area contributed by atoms with Gasteiger partial charge in [0, 0.05) is 36.8 Å². The lowest BCUT2D eigenvalue weighted by atomic mass is 10.1. The quantitative estimate of drug-likeness (QED) is 0.230. The van der Waals surface area contributed by atoms with Gasteiger partial charge >= 0.3 is 0 Å². The Balaban J connectivity index is 5.06. The van der Waals surface area contributed by atoms with Crippen LogP contribution in [0.1, 0.15) is 74.1 Å². The molecular weight excluding hydrogens is 326 g/mol. The number of rotatable bonds is 12. The number of allylic oxidation sites excluding steroid dienone is 2. The summed E-state index contributed by atoms with van der Waals surface area (Å²) in [4.78, 5) is 11.7. The van der Waals surface area contributed by atoms with Crippen molar-refractivity contribution < 1.29 is 0 Å². The highest BCUT2D eigenvalue weighted by Gasteiger charge is 2.16. The van der Waals surface area contributed by atoms with Crippen molar-refractivity contribution in [2.24, 2.45) is 9.98 Å². The van der Waals surface area contributed by atoms with Crippen LogP contribution in [0, 0.1) is 0 Å². The van der Waals surface area contributed by atoms with E-state index in [4.69, 9.17) is 4.99 Å². The largest absolute Gasteiger partial charge is 0.334 e. The molecule has 1 atom stereocenters. The SMILES string of the molecule is CC/C=C\SCCN=C(C)/C(C)=C\N(C(C)=NCC)C(CC)CCC. The topological polar surface area (TPSA) is 28.0 Å². The second-order valence-corrected chi connectivity index (χ2v) is 7.22. The molecule has 0 radical (unpaired) electrons. The molecule has 0 rings (SSSR count). The van der Waals surface area contributed by atoms with Gasteiger partial charge in [-0.3, -0.25) is 9.98 Å². The Bertz CT molecular complexity index is 464. The van der Waals surface area contributed by atoms with Crippen LogP contribution in [0.3, 0.4) is 0 Å². The molecule has 0 saturated heterocycles. The predicted molar refractivity (Wildman–Crippen MR) is 118 cm³/mol. The highest BCUT2D eigenvalue weighted by molar-refractivity contribution is 8.02. The third-order valence-electron chi connectivity index (χ3n) is 4.14. The van der Waals surface area contributed by atoms with Crippen molar-refractivity contribution in [2.45, 2.75) is 80.2 Å². The average Bonchev–Trinajstić information content (AvgIpc) is 2.60. The molecule has 3 nitrogen and oxygen atoms in total. The molecule has 0 heterocycles. The summed E-state index contributed by atoms with van der Waals surface area (Å²) in [6.07, 6.45) is 9.05. The minimum absolute atomic E-state index is 0.512. The molecule has 0 saturated carbocycles. The summed E-state index contributed by atoms with van der Waals surface area (Å²) in [7, 11) is 0. The van der Waals surface area contributed by atoms with Gasteiger partial charge in [-0.2, -0.15) is 0 Å². The average molecular weight is 366 g/mol. The molecule has 0 bridgehead atoms. The molecule has 0 aromatic heterocycles. The lowest BCUT2D eigenvalue weighted by Crippen LogP contribution is -2.35. The highest BCUT2D eigenvalue weighted by Crippen LogP contribution is 2.15. The smallest absolute Gasteiger partial charge is 0.0999 e. The van der Waals surface area contributed by atoms with E-state index in [1.807, 2.05) is 11.8 Å². The van der Waals surface area contributed by atoms with Crippen LogP contribution in [0.4, 0.5) is 0 Å². The van der Waals surface area contributed by atoms with Gasteiger partial charge in [0.25, 0.3) is 0 Å².